The van der Waals surface area contributed by atoms with Gasteiger partial charge in [-0.1, -0.05) is 6.07 Å². The number of rotatable bonds is 4. The summed E-state index contributed by atoms with van der Waals surface area (Å²) in [5.41, 5.74) is 2.92. The van der Waals surface area contributed by atoms with Gasteiger partial charge in [0.1, 0.15) is 16.5 Å². The molecule has 1 N–H and O–H groups in total. The summed E-state index contributed by atoms with van der Waals surface area (Å²) >= 11 is 1.82. The third-order valence-corrected chi connectivity index (χ3v) is 9.12. The van der Waals surface area contributed by atoms with Crippen LogP contribution in [0.2, 0.25) is 0 Å². The van der Waals surface area contributed by atoms with Gasteiger partial charge in [0.05, 0.1) is 23.1 Å². The Bertz CT molecular complexity index is 1580. The van der Waals surface area contributed by atoms with Gasteiger partial charge in [-0.3, -0.25) is 24.6 Å². The number of hydrazine groups is 1. The Kier molecular flexibility index (Phi) is 5.63. The van der Waals surface area contributed by atoms with Crippen LogP contribution in [-0.2, 0) is 24.2 Å². The Morgan fingerprint density at radius 3 is 2.51 bits per heavy atom. The molecule has 0 atom stereocenters. The first-order chi connectivity index (χ1) is 18.9. The van der Waals surface area contributed by atoms with Crippen LogP contribution >= 0.6 is 11.3 Å². The topological polar surface area (TPSA) is 119 Å². The van der Waals surface area contributed by atoms with Crippen molar-refractivity contribution in [3.05, 3.63) is 51.2 Å². The fourth-order valence-electron chi connectivity index (χ4n) is 6.02. The van der Waals surface area contributed by atoms with Crippen molar-refractivity contribution in [2.75, 3.05) is 37.6 Å². The number of nitrogens with zero attached hydrogens (tertiary/aromatic N) is 6. The molecular weight excluding hydrogens is 518 g/mol. The van der Waals surface area contributed by atoms with Crippen LogP contribution in [0.3, 0.4) is 0 Å². The monoisotopic (exact) mass is 545 g/mol. The van der Waals surface area contributed by atoms with E-state index in [9.17, 15) is 19.2 Å². The zero-order chi connectivity index (χ0) is 26.8. The molecule has 2 aromatic heterocycles. The molecule has 12 heteroatoms. The first-order valence-electron chi connectivity index (χ1n) is 13.3. The third-order valence-electron chi connectivity index (χ3n) is 7.94. The van der Waals surface area contributed by atoms with E-state index in [1.165, 1.54) is 22.2 Å². The van der Waals surface area contributed by atoms with Crippen LogP contribution in [-0.4, -0.2) is 81.4 Å². The van der Waals surface area contributed by atoms with Crippen LogP contribution in [0, 0.1) is 6.92 Å². The highest BCUT2D eigenvalue weighted by Crippen LogP contribution is 2.40. The van der Waals surface area contributed by atoms with E-state index in [2.05, 4.69) is 15.1 Å². The Morgan fingerprint density at radius 2 is 1.72 bits per heavy atom. The van der Waals surface area contributed by atoms with Crippen LogP contribution in [0.5, 0.6) is 0 Å². The molecule has 0 saturated carbocycles. The first kappa shape index (κ1) is 24.2. The molecule has 0 unspecified atom stereocenters. The summed E-state index contributed by atoms with van der Waals surface area (Å²) in [5, 5.41) is 5.26. The molecule has 3 aromatic rings. The molecule has 39 heavy (non-hydrogen) atoms. The number of fused-ring (bicyclic) bond motifs is 4. The summed E-state index contributed by atoms with van der Waals surface area (Å²) in [5.74, 6) is 0.346. The summed E-state index contributed by atoms with van der Waals surface area (Å²) in [7, 11) is 0. The molecule has 2 saturated heterocycles. The number of anilines is 1. The SMILES string of the molecule is Cc1nc(N2CCN(Cc3ccc4c(c3)C(=O)N(N3CCC(=O)NC3=O)C4=O)CC2)c2c3c(sc2n1)CCC3. The van der Waals surface area contributed by atoms with Gasteiger partial charge in [-0.25, -0.2) is 19.8 Å². The predicted octanol–water partition coefficient (Wildman–Crippen LogP) is 2.26. The fraction of sp³-hybridized carbons (Fsp3) is 0.407. The van der Waals surface area contributed by atoms with E-state index in [-0.39, 0.29) is 24.1 Å². The summed E-state index contributed by atoms with van der Waals surface area (Å²) < 4.78 is 0. The minimum absolute atomic E-state index is 0.0143. The van der Waals surface area contributed by atoms with Crippen molar-refractivity contribution in [1.82, 2.24) is 30.2 Å². The number of imide groups is 2. The Labute approximate surface area is 228 Å². The van der Waals surface area contributed by atoms with E-state index in [4.69, 9.17) is 9.97 Å². The van der Waals surface area contributed by atoms with E-state index in [1.54, 1.807) is 12.1 Å². The van der Waals surface area contributed by atoms with Gasteiger partial charge in [0, 0.05) is 44.0 Å². The normalized spacial score (nSPS) is 19.8. The number of carbonyl (C=O) groups is 4. The Hall–Kier alpha value is -3.90. The summed E-state index contributed by atoms with van der Waals surface area (Å²) in [6.45, 7) is 5.96. The quantitative estimate of drug-likeness (QED) is 0.496. The molecule has 200 valence electrons. The van der Waals surface area contributed by atoms with Gasteiger partial charge in [0.25, 0.3) is 11.8 Å². The highest BCUT2D eigenvalue weighted by molar-refractivity contribution is 7.19. The standard InChI is InChI=1S/C27H27N7O4S/c1-15-28-23(22-18-3-2-4-20(18)39-24(22)29-15)32-11-9-31(10-12-32)14-16-5-6-17-19(13-16)26(37)34(25(17)36)33-8-7-21(35)30-27(33)38/h5-6,13H,2-4,7-12,14H2,1H3,(H,30,35,38). The van der Waals surface area contributed by atoms with Gasteiger partial charge >= 0.3 is 6.03 Å². The first-order valence-corrected chi connectivity index (χ1v) is 14.1. The van der Waals surface area contributed by atoms with E-state index in [0.29, 0.717) is 6.54 Å². The van der Waals surface area contributed by atoms with Crippen LogP contribution in [0.1, 0.15) is 55.4 Å². The van der Waals surface area contributed by atoms with E-state index >= 15 is 0 Å². The zero-order valence-corrected chi connectivity index (χ0v) is 22.3. The number of carbonyl (C=O) groups excluding carboxylic acids is 4. The van der Waals surface area contributed by atoms with Crippen molar-refractivity contribution in [3.63, 3.8) is 0 Å². The lowest BCUT2D eigenvalue weighted by atomic mass is 10.1. The summed E-state index contributed by atoms with van der Waals surface area (Å²) in [4.78, 5) is 66.7. The number of aromatic nitrogens is 2. The molecule has 5 amide bonds. The van der Waals surface area contributed by atoms with Crippen molar-refractivity contribution < 1.29 is 19.2 Å². The number of nitrogens with one attached hydrogen (secondary N) is 1. The predicted molar refractivity (Wildman–Crippen MR) is 143 cm³/mol. The molecule has 1 aliphatic carbocycles. The molecule has 1 aromatic carbocycles. The van der Waals surface area contributed by atoms with Crippen molar-refractivity contribution in [1.29, 1.82) is 0 Å². The number of urea groups is 1. The van der Waals surface area contributed by atoms with Gasteiger partial charge in [0.15, 0.2) is 0 Å². The molecule has 0 radical (unpaired) electrons. The number of benzene rings is 1. The highest BCUT2D eigenvalue weighted by Gasteiger charge is 2.43. The van der Waals surface area contributed by atoms with Crippen molar-refractivity contribution in [3.8, 4) is 0 Å². The number of thiophene rings is 1. The maximum absolute atomic E-state index is 13.1. The number of amides is 5. The van der Waals surface area contributed by atoms with E-state index < -0.39 is 23.8 Å². The van der Waals surface area contributed by atoms with Gasteiger partial charge < -0.3 is 4.90 Å². The third kappa shape index (κ3) is 3.97. The number of aryl methyl sites for hydroxylation is 3. The van der Waals surface area contributed by atoms with Crippen molar-refractivity contribution >= 4 is 51.1 Å². The highest BCUT2D eigenvalue weighted by atomic mass is 32.1. The number of piperazine rings is 1. The molecule has 0 bridgehead atoms. The largest absolute Gasteiger partial charge is 0.353 e. The molecule has 7 rings (SSSR count). The lowest BCUT2D eigenvalue weighted by Crippen LogP contribution is -2.58. The molecule has 5 heterocycles. The van der Waals surface area contributed by atoms with Crippen molar-refractivity contribution in [2.45, 2.75) is 39.2 Å². The maximum Gasteiger partial charge on any atom is 0.343 e. The maximum atomic E-state index is 13.1. The minimum Gasteiger partial charge on any atom is -0.353 e. The Balaban J connectivity index is 1.05. The van der Waals surface area contributed by atoms with Crippen LogP contribution < -0.4 is 10.2 Å². The molecular formula is C27H27N7O4S. The second kappa shape index (κ2) is 9.09. The fourth-order valence-corrected chi connectivity index (χ4v) is 7.33. The average Bonchev–Trinajstić information content (AvgIpc) is 3.57. The molecule has 4 aliphatic rings. The minimum atomic E-state index is -0.762. The van der Waals surface area contributed by atoms with Crippen LogP contribution in [0.4, 0.5) is 10.6 Å². The van der Waals surface area contributed by atoms with Gasteiger partial charge in [-0.15, -0.1) is 11.3 Å². The molecule has 0 spiro atoms. The van der Waals surface area contributed by atoms with Crippen LogP contribution in [0.15, 0.2) is 18.2 Å². The lowest BCUT2D eigenvalue weighted by molar-refractivity contribution is -0.122. The second-order valence-electron chi connectivity index (χ2n) is 10.4. The second-order valence-corrected chi connectivity index (χ2v) is 11.5. The van der Waals surface area contributed by atoms with Gasteiger partial charge in [-0.05, 0) is 49.4 Å². The smallest absolute Gasteiger partial charge is 0.343 e. The summed E-state index contributed by atoms with van der Waals surface area (Å²) in [6.07, 6.45) is 3.48. The van der Waals surface area contributed by atoms with Gasteiger partial charge in [-0.2, -0.15) is 5.01 Å². The van der Waals surface area contributed by atoms with Crippen molar-refractivity contribution in [2.24, 2.45) is 0 Å². The van der Waals surface area contributed by atoms with Gasteiger partial charge in [0.2, 0.25) is 5.91 Å². The molecule has 11 nitrogen and oxygen atoms in total. The van der Waals surface area contributed by atoms with E-state index in [1.807, 2.05) is 24.3 Å². The Morgan fingerprint density at radius 1 is 0.923 bits per heavy atom. The molecule has 2 fully saturated rings. The molecule has 3 aliphatic heterocycles. The zero-order valence-electron chi connectivity index (χ0n) is 21.5. The number of hydrogen-bond donors (Lipinski definition) is 1. The van der Waals surface area contributed by atoms with Crippen LogP contribution in [0.25, 0.3) is 10.2 Å². The number of hydrogen-bond acceptors (Lipinski definition) is 9. The van der Waals surface area contributed by atoms with E-state index in [0.717, 1.165) is 71.1 Å². The average molecular weight is 546 g/mol. The lowest BCUT2D eigenvalue weighted by Gasteiger charge is -2.36. The summed E-state index contributed by atoms with van der Waals surface area (Å²) in [6, 6.07) is 4.51.